The molecule has 1 N–H and O–H groups in total. The van der Waals surface area contributed by atoms with Gasteiger partial charge in [0.15, 0.2) is 0 Å². The first kappa shape index (κ1) is 23.2. The Balaban J connectivity index is 1.58. The third-order valence-electron chi connectivity index (χ3n) is 6.42. The van der Waals surface area contributed by atoms with Gasteiger partial charge < -0.3 is 10.1 Å². The zero-order valence-corrected chi connectivity index (χ0v) is 21.2. The number of hydrogen-bond acceptors (Lipinski definition) is 6. The number of aryl methyl sites for hydroxylation is 2. The summed E-state index contributed by atoms with van der Waals surface area (Å²) in [5.74, 6) is -0.649. The highest BCUT2D eigenvalue weighted by molar-refractivity contribution is 7.17. The van der Waals surface area contributed by atoms with E-state index < -0.39 is 0 Å². The number of aromatic nitrogens is 3. The molecule has 1 aliphatic carbocycles. The van der Waals surface area contributed by atoms with Crippen molar-refractivity contribution in [2.24, 2.45) is 7.05 Å². The van der Waals surface area contributed by atoms with Crippen molar-refractivity contribution in [3.05, 3.63) is 63.8 Å². The fourth-order valence-electron chi connectivity index (χ4n) is 4.56. The van der Waals surface area contributed by atoms with Gasteiger partial charge in [-0.05, 0) is 64.2 Å². The number of anilines is 1. The molecular formula is C27H28N4O3S. The van der Waals surface area contributed by atoms with Gasteiger partial charge in [-0.25, -0.2) is 9.78 Å². The minimum absolute atomic E-state index is 0.236. The van der Waals surface area contributed by atoms with Gasteiger partial charge in [0.25, 0.3) is 5.91 Å². The summed E-state index contributed by atoms with van der Waals surface area (Å²) in [4.78, 5) is 32.7. The molecule has 0 fully saturated rings. The fraction of sp³-hybridized carbons (Fsp3) is 0.333. The molecule has 4 aromatic rings. The summed E-state index contributed by atoms with van der Waals surface area (Å²) in [6.07, 6.45) is 5.39. The monoisotopic (exact) mass is 488 g/mol. The Morgan fingerprint density at radius 2 is 1.94 bits per heavy atom. The van der Waals surface area contributed by atoms with Crippen molar-refractivity contribution in [1.29, 1.82) is 0 Å². The number of amides is 1. The Hall–Kier alpha value is -3.52. The molecule has 8 heteroatoms. The second-order valence-corrected chi connectivity index (χ2v) is 10.3. The molecule has 5 rings (SSSR count). The molecule has 0 unspecified atom stereocenters. The Kier molecular flexibility index (Phi) is 6.15. The normalized spacial score (nSPS) is 13.2. The third kappa shape index (κ3) is 4.34. The molecule has 3 heterocycles. The number of carbonyl (C=O) groups is 2. The van der Waals surface area contributed by atoms with Crippen LogP contribution >= 0.6 is 11.3 Å². The van der Waals surface area contributed by atoms with Crippen molar-refractivity contribution < 1.29 is 14.3 Å². The van der Waals surface area contributed by atoms with Crippen LogP contribution in [0.25, 0.3) is 22.2 Å². The molecular weight excluding hydrogens is 460 g/mol. The molecule has 0 saturated carbocycles. The van der Waals surface area contributed by atoms with E-state index in [0.717, 1.165) is 58.3 Å². The number of fused-ring (bicyclic) bond motifs is 2. The maximum Gasteiger partial charge on any atom is 0.341 e. The molecule has 1 aliphatic rings. The number of hydrogen-bond donors (Lipinski definition) is 1. The number of pyridine rings is 1. The minimum Gasteiger partial charge on any atom is -0.459 e. The van der Waals surface area contributed by atoms with Crippen molar-refractivity contribution in [1.82, 2.24) is 14.8 Å². The van der Waals surface area contributed by atoms with Crippen LogP contribution in [-0.2, 0) is 24.6 Å². The largest absolute Gasteiger partial charge is 0.459 e. The van der Waals surface area contributed by atoms with Crippen LogP contribution in [0.5, 0.6) is 0 Å². The topological polar surface area (TPSA) is 86.1 Å². The molecule has 180 valence electrons. The smallest absolute Gasteiger partial charge is 0.341 e. The van der Waals surface area contributed by atoms with E-state index in [9.17, 15) is 9.59 Å². The first-order valence-electron chi connectivity index (χ1n) is 11.9. The average molecular weight is 489 g/mol. The zero-order valence-electron chi connectivity index (χ0n) is 20.3. The number of nitrogens with zero attached hydrogens (tertiary/aromatic N) is 3. The summed E-state index contributed by atoms with van der Waals surface area (Å²) >= 11 is 1.49. The highest BCUT2D eigenvalue weighted by Gasteiger charge is 2.28. The van der Waals surface area contributed by atoms with Gasteiger partial charge in [0.2, 0.25) is 0 Å². The summed E-state index contributed by atoms with van der Waals surface area (Å²) in [5.41, 5.74) is 5.28. The van der Waals surface area contributed by atoms with Crippen LogP contribution in [0.15, 0.2) is 36.5 Å². The molecule has 35 heavy (non-hydrogen) atoms. The van der Waals surface area contributed by atoms with Crippen LogP contribution in [0, 0.1) is 6.92 Å². The van der Waals surface area contributed by atoms with Crippen molar-refractivity contribution in [3.8, 4) is 11.3 Å². The summed E-state index contributed by atoms with van der Waals surface area (Å²) in [5, 5.41) is 8.71. The third-order valence-corrected chi connectivity index (χ3v) is 7.62. The van der Waals surface area contributed by atoms with Crippen molar-refractivity contribution in [2.45, 2.75) is 52.6 Å². The molecule has 0 radical (unpaired) electrons. The van der Waals surface area contributed by atoms with Crippen molar-refractivity contribution in [3.63, 3.8) is 0 Å². The summed E-state index contributed by atoms with van der Waals surface area (Å²) in [6.45, 7) is 5.64. The maximum atomic E-state index is 13.7. The standard InChI is InChI=1S/C27H28N4O3S/c1-15(2)34-27(33)24-18-10-6-8-12-23(18)35-26(24)30-25(32)19-13-22(20-14-28-31(4)16(20)3)29-21-11-7-5-9-17(19)21/h5,7,9,11,13-15H,6,8,10,12H2,1-4H3,(H,30,32). The number of nitrogens with one attached hydrogen (secondary N) is 1. The number of benzene rings is 1. The summed E-state index contributed by atoms with van der Waals surface area (Å²) in [7, 11) is 1.88. The van der Waals surface area contributed by atoms with Gasteiger partial charge in [-0.1, -0.05) is 18.2 Å². The van der Waals surface area contributed by atoms with Gasteiger partial charge in [-0.3, -0.25) is 9.48 Å². The highest BCUT2D eigenvalue weighted by atomic mass is 32.1. The Bertz CT molecular complexity index is 1450. The first-order chi connectivity index (χ1) is 16.8. The van der Waals surface area contributed by atoms with E-state index in [4.69, 9.17) is 9.72 Å². The summed E-state index contributed by atoms with van der Waals surface area (Å²) < 4.78 is 7.33. The predicted octanol–water partition coefficient (Wildman–Crippen LogP) is 5.70. The highest BCUT2D eigenvalue weighted by Crippen LogP contribution is 2.39. The Morgan fingerprint density at radius 1 is 1.17 bits per heavy atom. The SMILES string of the molecule is Cc1c(-c2cc(C(=O)Nc3sc4c(c3C(=O)OC(C)C)CCCC4)c3ccccc3n2)cnn1C. The second-order valence-electron chi connectivity index (χ2n) is 9.16. The molecule has 0 spiro atoms. The Labute approximate surface area is 208 Å². The Morgan fingerprint density at radius 3 is 2.69 bits per heavy atom. The summed E-state index contributed by atoms with van der Waals surface area (Å²) in [6, 6.07) is 9.40. The van der Waals surface area contributed by atoms with Gasteiger partial charge in [-0.2, -0.15) is 5.10 Å². The molecule has 0 atom stereocenters. The van der Waals surface area contributed by atoms with E-state index >= 15 is 0 Å². The van der Waals surface area contributed by atoms with Gasteiger partial charge in [-0.15, -0.1) is 11.3 Å². The van der Waals surface area contributed by atoms with Gasteiger partial charge >= 0.3 is 5.97 Å². The van der Waals surface area contributed by atoms with E-state index in [1.807, 2.05) is 52.1 Å². The van der Waals surface area contributed by atoms with Gasteiger partial charge in [0.05, 0.1) is 34.6 Å². The number of esters is 1. The number of ether oxygens (including phenoxy) is 1. The average Bonchev–Trinajstić information content (AvgIpc) is 3.37. The molecule has 0 saturated heterocycles. The number of rotatable bonds is 5. The van der Waals surface area contributed by atoms with Gasteiger partial charge in [0.1, 0.15) is 5.00 Å². The van der Waals surface area contributed by atoms with E-state index in [0.29, 0.717) is 21.8 Å². The van der Waals surface area contributed by atoms with E-state index in [1.165, 1.54) is 11.3 Å². The van der Waals surface area contributed by atoms with E-state index in [1.54, 1.807) is 16.9 Å². The lowest BCUT2D eigenvalue weighted by atomic mass is 9.95. The van der Waals surface area contributed by atoms with Crippen LogP contribution in [-0.4, -0.2) is 32.7 Å². The first-order valence-corrected chi connectivity index (χ1v) is 12.7. The minimum atomic E-state index is -0.374. The number of thiophene rings is 1. The molecule has 0 aliphatic heterocycles. The lowest BCUT2D eigenvalue weighted by Gasteiger charge is -2.14. The van der Waals surface area contributed by atoms with Crippen molar-refractivity contribution in [2.75, 3.05) is 5.32 Å². The molecule has 0 bridgehead atoms. The van der Waals surface area contributed by atoms with Crippen LogP contribution in [0.4, 0.5) is 5.00 Å². The van der Waals surface area contributed by atoms with Crippen LogP contribution in [0.1, 0.15) is 63.5 Å². The van der Waals surface area contributed by atoms with Crippen LogP contribution in [0.3, 0.4) is 0 Å². The number of para-hydroxylation sites is 1. The van der Waals surface area contributed by atoms with Crippen LogP contribution in [0.2, 0.25) is 0 Å². The predicted molar refractivity (Wildman–Crippen MR) is 138 cm³/mol. The number of carbonyl (C=O) groups excluding carboxylic acids is 2. The van der Waals surface area contributed by atoms with Crippen molar-refractivity contribution >= 4 is 39.1 Å². The molecule has 3 aromatic heterocycles. The quantitative estimate of drug-likeness (QED) is 0.364. The maximum absolute atomic E-state index is 13.7. The molecule has 1 amide bonds. The lowest BCUT2D eigenvalue weighted by Crippen LogP contribution is -2.18. The molecule has 7 nitrogen and oxygen atoms in total. The molecule has 1 aromatic carbocycles. The zero-order chi connectivity index (χ0) is 24.7. The van der Waals surface area contributed by atoms with E-state index in [2.05, 4.69) is 10.4 Å². The fourth-order valence-corrected chi connectivity index (χ4v) is 5.84. The second kappa shape index (κ2) is 9.26. The van der Waals surface area contributed by atoms with Crippen LogP contribution < -0.4 is 5.32 Å². The van der Waals surface area contributed by atoms with Gasteiger partial charge in [0, 0.05) is 28.6 Å². The lowest BCUT2D eigenvalue weighted by molar-refractivity contribution is 0.0378. The van der Waals surface area contributed by atoms with E-state index in [-0.39, 0.29) is 18.0 Å².